The van der Waals surface area contributed by atoms with Crippen molar-refractivity contribution in [3.63, 3.8) is 0 Å². The summed E-state index contributed by atoms with van der Waals surface area (Å²) in [5.41, 5.74) is -7.79. The Bertz CT molecular complexity index is 1060. The van der Waals surface area contributed by atoms with Crippen LogP contribution in [0.25, 0.3) is 0 Å². The maximum atomic E-state index is 13.7. The number of phenolic OH excluding ortho intramolecular Hbond substituents is 2. The molecule has 0 fully saturated rings. The van der Waals surface area contributed by atoms with Crippen LogP contribution in [0.3, 0.4) is 0 Å². The Labute approximate surface area is 191 Å². The average molecular weight is 514 g/mol. The van der Waals surface area contributed by atoms with Gasteiger partial charge in [-0.05, 0) is 23.3 Å². The predicted octanol–water partition coefficient (Wildman–Crippen LogP) is 5.12. The lowest BCUT2D eigenvalue weighted by atomic mass is 9.68. The van der Waals surface area contributed by atoms with Crippen LogP contribution in [-0.4, -0.2) is 46.6 Å². The van der Waals surface area contributed by atoms with Crippen LogP contribution >= 0.6 is 0 Å². The van der Waals surface area contributed by atoms with Gasteiger partial charge >= 0.3 is 23.7 Å². The van der Waals surface area contributed by atoms with E-state index in [1.165, 1.54) is 0 Å². The van der Waals surface area contributed by atoms with Crippen LogP contribution in [-0.2, 0) is 5.41 Å². The normalized spacial score (nSPS) is 12.3. The van der Waals surface area contributed by atoms with Crippen LogP contribution < -0.4 is 9.47 Å². The molecule has 0 bridgehead atoms. The first kappa shape index (κ1) is 27.3. The first-order valence-corrected chi connectivity index (χ1v) is 9.21. The number of nitrogens with zero attached hydrogens (tertiary/aromatic N) is 2. The van der Waals surface area contributed by atoms with Gasteiger partial charge in [-0.25, -0.2) is 0 Å². The summed E-state index contributed by atoms with van der Waals surface area (Å²) in [6.45, 7) is 0. The van der Waals surface area contributed by atoms with Crippen molar-refractivity contribution in [1.82, 2.24) is 0 Å². The Hall–Kier alpha value is -3.98. The van der Waals surface area contributed by atoms with Crippen molar-refractivity contribution >= 4 is 11.4 Å². The van der Waals surface area contributed by atoms with Gasteiger partial charge in [0.25, 0.3) is 0 Å². The summed E-state index contributed by atoms with van der Waals surface area (Å²) in [5.74, 6) is -3.96. The molecule has 0 spiro atoms. The van der Waals surface area contributed by atoms with Crippen LogP contribution in [0, 0.1) is 20.2 Å². The second-order valence-corrected chi connectivity index (χ2v) is 7.27. The van der Waals surface area contributed by atoms with Crippen LogP contribution in [0.2, 0.25) is 0 Å². The van der Waals surface area contributed by atoms with Crippen LogP contribution in [0.5, 0.6) is 23.0 Å². The molecule has 2 aromatic carbocycles. The number of rotatable bonds is 8. The third-order valence-electron chi connectivity index (χ3n) is 5.05. The lowest BCUT2D eigenvalue weighted by molar-refractivity contribution is -0.386. The molecule has 0 atom stereocenters. The minimum absolute atomic E-state index is 0.292. The second kappa shape index (κ2) is 9.34. The molecule has 0 saturated heterocycles. The van der Waals surface area contributed by atoms with Gasteiger partial charge in [0, 0.05) is 17.5 Å². The fourth-order valence-corrected chi connectivity index (χ4v) is 3.65. The Morgan fingerprint density at radius 3 is 1.29 bits per heavy atom. The van der Waals surface area contributed by atoms with E-state index in [2.05, 4.69) is 0 Å². The molecule has 0 unspecified atom stereocenters. The third kappa shape index (κ3) is 5.75. The molecule has 10 nitrogen and oxygen atoms in total. The summed E-state index contributed by atoms with van der Waals surface area (Å²) >= 11 is 0. The lowest BCUT2D eigenvalue weighted by Crippen LogP contribution is -2.38. The van der Waals surface area contributed by atoms with Crippen LogP contribution in [0.4, 0.5) is 37.7 Å². The highest BCUT2D eigenvalue weighted by molar-refractivity contribution is 5.63. The Kier molecular flexibility index (Phi) is 7.28. The number of alkyl halides is 6. The maximum Gasteiger partial charge on any atom is 0.390 e. The lowest BCUT2D eigenvalue weighted by Gasteiger charge is -2.36. The van der Waals surface area contributed by atoms with Crippen LogP contribution in [0.15, 0.2) is 24.3 Å². The van der Waals surface area contributed by atoms with E-state index in [1.807, 2.05) is 0 Å². The standard InChI is InChI=1S/C19H16F6N2O8/c1-34-13-5-9(3-11(15(13)28)26(30)31)17(7-18(20,21)22,8-19(23,24)25)10-4-12(27(32)33)16(29)14(6-10)35-2/h3-6,28-29H,7-8H2,1-2H3. The van der Waals surface area contributed by atoms with Crippen LogP contribution in [0.1, 0.15) is 24.0 Å². The molecule has 0 amide bonds. The number of methoxy groups -OCH3 is 2. The van der Waals surface area contributed by atoms with E-state index in [9.17, 15) is 56.8 Å². The van der Waals surface area contributed by atoms with Gasteiger partial charge in [-0.2, -0.15) is 26.3 Å². The Morgan fingerprint density at radius 1 is 0.743 bits per heavy atom. The van der Waals surface area contributed by atoms with Gasteiger partial charge < -0.3 is 19.7 Å². The van der Waals surface area contributed by atoms with Gasteiger partial charge in [0.1, 0.15) is 0 Å². The summed E-state index contributed by atoms with van der Waals surface area (Å²) in [6.07, 6.45) is -15.3. The third-order valence-corrected chi connectivity index (χ3v) is 5.05. The number of nitro groups is 2. The first-order valence-electron chi connectivity index (χ1n) is 9.21. The molecular formula is C19H16F6N2O8. The quantitative estimate of drug-likeness (QED) is 0.280. The molecule has 16 heteroatoms. The van der Waals surface area contributed by atoms with Crippen molar-refractivity contribution in [3.05, 3.63) is 55.6 Å². The maximum absolute atomic E-state index is 13.7. The molecule has 2 rings (SSSR count). The van der Waals surface area contributed by atoms with Crippen molar-refractivity contribution in [2.45, 2.75) is 30.6 Å². The van der Waals surface area contributed by atoms with E-state index in [-0.39, 0.29) is 0 Å². The highest BCUT2D eigenvalue weighted by atomic mass is 19.4. The summed E-state index contributed by atoms with van der Waals surface area (Å²) in [4.78, 5) is 20.2. The fraction of sp³-hybridized carbons (Fsp3) is 0.368. The number of phenols is 2. The molecule has 0 aromatic heterocycles. The SMILES string of the molecule is COc1cc(C(CC(F)(F)F)(CC(F)(F)F)c2cc(OC)c(O)c([N+](=O)[O-])c2)cc([N+](=O)[O-])c1O. The predicted molar refractivity (Wildman–Crippen MR) is 105 cm³/mol. The average Bonchev–Trinajstić information content (AvgIpc) is 2.70. The zero-order valence-corrected chi connectivity index (χ0v) is 17.7. The molecule has 0 aliphatic carbocycles. The van der Waals surface area contributed by atoms with Gasteiger partial charge in [-0.15, -0.1) is 0 Å². The molecule has 0 aliphatic heterocycles. The molecule has 2 aromatic rings. The number of hydrogen-bond acceptors (Lipinski definition) is 8. The Morgan fingerprint density at radius 2 is 1.06 bits per heavy atom. The first-order chi connectivity index (χ1) is 16.0. The number of hydrogen-bond donors (Lipinski definition) is 2. The van der Waals surface area contributed by atoms with Crippen molar-refractivity contribution < 1.29 is 55.9 Å². The van der Waals surface area contributed by atoms with E-state index in [0.717, 1.165) is 14.2 Å². The number of benzene rings is 2. The van der Waals surface area contributed by atoms with E-state index in [1.54, 1.807) is 0 Å². The molecule has 0 radical (unpaired) electrons. The van der Waals surface area contributed by atoms with Gasteiger partial charge in [0.15, 0.2) is 11.5 Å². The zero-order chi connectivity index (χ0) is 26.9. The van der Waals surface area contributed by atoms with Gasteiger partial charge in [0.05, 0.1) is 36.9 Å². The van der Waals surface area contributed by atoms with Crippen molar-refractivity contribution in [2.24, 2.45) is 0 Å². The number of ether oxygens (including phenoxy) is 2. The number of aromatic hydroxyl groups is 2. The van der Waals surface area contributed by atoms with Crippen molar-refractivity contribution in [3.8, 4) is 23.0 Å². The molecule has 2 N–H and O–H groups in total. The minimum atomic E-state index is -5.34. The minimum Gasteiger partial charge on any atom is -0.500 e. The molecular weight excluding hydrogens is 498 g/mol. The molecule has 35 heavy (non-hydrogen) atoms. The molecule has 0 aliphatic rings. The van der Waals surface area contributed by atoms with E-state index < -0.39 is 86.0 Å². The van der Waals surface area contributed by atoms with Gasteiger partial charge in [-0.1, -0.05) is 0 Å². The molecule has 0 heterocycles. The zero-order valence-electron chi connectivity index (χ0n) is 17.7. The van der Waals surface area contributed by atoms with E-state index in [0.29, 0.717) is 24.3 Å². The van der Waals surface area contributed by atoms with E-state index in [4.69, 9.17) is 9.47 Å². The number of nitro benzene ring substituents is 2. The van der Waals surface area contributed by atoms with Gasteiger partial charge in [0.2, 0.25) is 11.5 Å². The molecule has 192 valence electrons. The smallest absolute Gasteiger partial charge is 0.390 e. The topological polar surface area (TPSA) is 145 Å². The monoisotopic (exact) mass is 514 g/mol. The summed E-state index contributed by atoms with van der Waals surface area (Å²) in [6, 6.07) is 1.65. The number of halogens is 6. The fourth-order valence-electron chi connectivity index (χ4n) is 3.65. The summed E-state index contributed by atoms with van der Waals surface area (Å²) < 4.78 is 91.9. The largest absolute Gasteiger partial charge is 0.500 e. The van der Waals surface area contributed by atoms with E-state index >= 15 is 0 Å². The summed E-state index contributed by atoms with van der Waals surface area (Å²) in [7, 11) is 1.71. The highest BCUT2D eigenvalue weighted by Crippen LogP contribution is 2.53. The van der Waals surface area contributed by atoms with Gasteiger partial charge in [-0.3, -0.25) is 20.2 Å². The molecule has 0 saturated carbocycles. The summed E-state index contributed by atoms with van der Waals surface area (Å²) in [5, 5.41) is 42.7. The highest BCUT2D eigenvalue weighted by Gasteiger charge is 2.52. The van der Waals surface area contributed by atoms with Crippen molar-refractivity contribution in [1.29, 1.82) is 0 Å². The Balaban J connectivity index is 3.14. The van der Waals surface area contributed by atoms with Crippen molar-refractivity contribution in [2.75, 3.05) is 14.2 Å². The second-order valence-electron chi connectivity index (χ2n) is 7.27.